The van der Waals surface area contributed by atoms with Crippen LogP contribution in [0.4, 0.5) is 0 Å². The number of unbranched alkanes of at least 4 members (excludes halogenated alkanes) is 1. The van der Waals surface area contributed by atoms with E-state index in [1.54, 1.807) is 37.3 Å². The van der Waals surface area contributed by atoms with Crippen LogP contribution in [0.2, 0.25) is 0 Å². The Morgan fingerprint density at radius 1 is 1.03 bits per heavy atom. The van der Waals surface area contributed by atoms with Gasteiger partial charge in [0.25, 0.3) is 6.47 Å². The van der Waals surface area contributed by atoms with E-state index in [1.807, 2.05) is 13.8 Å². The van der Waals surface area contributed by atoms with Crippen molar-refractivity contribution in [2.75, 3.05) is 13.2 Å². The highest BCUT2D eigenvalue weighted by Gasteiger charge is 2.15. The maximum atomic E-state index is 12.0. The van der Waals surface area contributed by atoms with Gasteiger partial charge in [-0.1, -0.05) is 6.92 Å². The average Bonchev–Trinajstić information content (AvgIpc) is 2.69. The Bertz CT molecular complexity index is 844. The number of phenols is 1. The summed E-state index contributed by atoms with van der Waals surface area (Å²) in [5.74, 6) is 1.76. The number of aryl methyl sites for hydroxylation is 1. The smallest absolute Gasteiger partial charge is 0.298 e. The second-order valence-corrected chi connectivity index (χ2v) is 6.80. The molecule has 6 nitrogen and oxygen atoms in total. The van der Waals surface area contributed by atoms with Crippen LogP contribution >= 0.6 is 0 Å². The van der Waals surface area contributed by atoms with Crippen LogP contribution in [0.25, 0.3) is 0 Å². The van der Waals surface area contributed by atoms with Crippen LogP contribution in [0.3, 0.4) is 0 Å². The summed E-state index contributed by atoms with van der Waals surface area (Å²) in [6, 6.07) is 8.57. The van der Waals surface area contributed by atoms with Crippen LogP contribution in [-0.2, 0) is 4.79 Å². The third-order valence-electron chi connectivity index (χ3n) is 4.54. The molecule has 0 fully saturated rings. The Morgan fingerprint density at radius 3 is 2.31 bits per heavy atom. The van der Waals surface area contributed by atoms with Crippen molar-refractivity contribution in [1.82, 2.24) is 0 Å². The lowest BCUT2D eigenvalue weighted by Crippen LogP contribution is -2.05. The minimum atomic E-state index is -0.0575. The van der Waals surface area contributed by atoms with Gasteiger partial charge in [-0.15, -0.1) is 0 Å². The molecule has 0 aromatic heterocycles. The summed E-state index contributed by atoms with van der Waals surface area (Å²) in [5.41, 5.74) is 1.82. The molecule has 29 heavy (non-hydrogen) atoms. The quantitative estimate of drug-likeness (QED) is 0.314. The molecule has 0 bridgehead atoms. The first-order valence-electron chi connectivity index (χ1n) is 9.80. The molecule has 0 saturated heterocycles. The van der Waals surface area contributed by atoms with Gasteiger partial charge in [-0.25, -0.2) is 0 Å². The third kappa shape index (κ3) is 6.24. The summed E-state index contributed by atoms with van der Waals surface area (Å²) in [6.45, 7) is 6.98. The molecular weight excluding hydrogens is 372 g/mol. The first-order valence-corrected chi connectivity index (χ1v) is 9.80. The Balaban J connectivity index is 1.77. The van der Waals surface area contributed by atoms with E-state index in [4.69, 9.17) is 14.2 Å². The topological polar surface area (TPSA) is 82.1 Å². The fourth-order valence-electron chi connectivity index (χ4n) is 2.91. The Morgan fingerprint density at radius 2 is 1.69 bits per heavy atom. The molecule has 0 aliphatic carbocycles. The third-order valence-corrected chi connectivity index (χ3v) is 4.54. The molecule has 2 rings (SSSR count). The first kappa shape index (κ1) is 22.3. The molecule has 0 atom stereocenters. The molecule has 0 spiro atoms. The summed E-state index contributed by atoms with van der Waals surface area (Å²) in [6.07, 6.45) is 2.74. The minimum Gasteiger partial charge on any atom is -0.507 e. The summed E-state index contributed by atoms with van der Waals surface area (Å²) < 4.78 is 16.3. The maximum absolute atomic E-state index is 12.0. The predicted molar refractivity (Wildman–Crippen MR) is 110 cm³/mol. The van der Waals surface area contributed by atoms with Gasteiger partial charge in [0.2, 0.25) is 0 Å². The number of phenolic OH excluding ortho intramolecular Hbond substituents is 1. The molecule has 0 aliphatic rings. The van der Waals surface area contributed by atoms with Gasteiger partial charge in [-0.2, -0.15) is 0 Å². The molecule has 2 aromatic carbocycles. The average molecular weight is 400 g/mol. The van der Waals surface area contributed by atoms with E-state index in [1.165, 1.54) is 0 Å². The lowest BCUT2D eigenvalue weighted by molar-refractivity contribution is -0.120. The van der Waals surface area contributed by atoms with Crippen LogP contribution in [0.1, 0.15) is 54.1 Å². The lowest BCUT2D eigenvalue weighted by Gasteiger charge is -2.13. The van der Waals surface area contributed by atoms with Crippen molar-refractivity contribution in [3.63, 3.8) is 0 Å². The van der Waals surface area contributed by atoms with E-state index in [2.05, 4.69) is 0 Å². The molecule has 2 aromatic rings. The SMILES string of the molecule is CCCC(=O)c1ccc(OCCCCOc2ccc(OC=O)cc2C)c(C)c1O. The molecule has 0 heterocycles. The van der Waals surface area contributed by atoms with E-state index in [0.29, 0.717) is 48.7 Å². The van der Waals surface area contributed by atoms with E-state index >= 15 is 0 Å². The first-order chi connectivity index (χ1) is 14.0. The molecule has 0 amide bonds. The number of ketones is 1. The zero-order valence-electron chi connectivity index (χ0n) is 17.2. The normalized spacial score (nSPS) is 10.4. The number of hydrogen-bond donors (Lipinski definition) is 1. The van der Waals surface area contributed by atoms with Crippen molar-refractivity contribution in [1.29, 1.82) is 0 Å². The highest BCUT2D eigenvalue weighted by atomic mass is 16.5. The van der Waals surface area contributed by atoms with Gasteiger partial charge >= 0.3 is 0 Å². The molecule has 0 unspecified atom stereocenters. The van der Waals surface area contributed by atoms with Crippen molar-refractivity contribution in [3.8, 4) is 23.0 Å². The number of aromatic hydroxyl groups is 1. The fourth-order valence-corrected chi connectivity index (χ4v) is 2.91. The zero-order valence-corrected chi connectivity index (χ0v) is 17.2. The monoisotopic (exact) mass is 400 g/mol. The van der Waals surface area contributed by atoms with Gasteiger partial charge in [-0.3, -0.25) is 9.59 Å². The number of Topliss-reactive ketones (excluding diaryl/α,β-unsaturated/α-hetero) is 1. The van der Waals surface area contributed by atoms with Crippen molar-refractivity contribution >= 4 is 12.3 Å². The molecule has 156 valence electrons. The standard InChI is InChI=1S/C23H28O6/c1-4-7-20(25)19-9-11-22(17(3)23(19)26)28-13-6-5-12-27-21-10-8-18(29-15-24)14-16(21)2/h8-11,14-15,26H,4-7,12-13H2,1-3H3. The molecule has 6 heteroatoms. The van der Waals surface area contributed by atoms with Gasteiger partial charge in [0.05, 0.1) is 18.8 Å². The van der Waals surface area contributed by atoms with Gasteiger partial charge in [0, 0.05) is 12.0 Å². The van der Waals surface area contributed by atoms with E-state index in [-0.39, 0.29) is 11.5 Å². The van der Waals surface area contributed by atoms with Gasteiger partial charge in [-0.05, 0) is 69.0 Å². The van der Waals surface area contributed by atoms with E-state index in [0.717, 1.165) is 30.6 Å². The van der Waals surface area contributed by atoms with Crippen molar-refractivity contribution < 1.29 is 28.9 Å². The van der Waals surface area contributed by atoms with Crippen LogP contribution in [0, 0.1) is 13.8 Å². The molecule has 0 radical (unpaired) electrons. The zero-order chi connectivity index (χ0) is 21.2. The van der Waals surface area contributed by atoms with Gasteiger partial charge in [0.1, 0.15) is 23.0 Å². The van der Waals surface area contributed by atoms with Crippen LogP contribution in [0.15, 0.2) is 30.3 Å². The Kier molecular flexibility index (Phi) is 8.52. The second kappa shape index (κ2) is 11.1. The molecule has 0 aliphatic heterocycles. The highest BCUT2D eigenvalue weighted by molar-refractivity contribution is 5.99. The van der Waals surface area contributed by atoms with Crippen molar-refractivity contribution in [3.05, 3.63) is 47.0 Å². The number of ether oxygens (including phenoxy) is 3. The number of hydrogen-bond acceptors (Lipinski definition) is 6. The molecular formula is C23H28O6. The van der Waals surface area contributed by atoms with Crippen LogP contribution in [0.5, 0.6) is 23.0 Å². The highest BCUT2D eigenvalue weighted by Crippen LogP contribution is 2.31. The van der Waals surface area contributed by atoms with E-state index < -0.39 is 0 Å². The number of rotatable bonds is 12. The Labute approximate surface area is 171 Å². The summed E-state index contributed by atoms with van der Waals surface area (Å²) >= 11 is 0. The van der Waals surface area contributed by atoms with Gasteiger partial charge < -0.3 is 19.3 Å². The summed E-state index contributed by atoms with van der Waals surface area (Å²) in [5, 5.41) is 10.3. The van der Waals surface area contributed by atoms with Crippen molar-refractivity contribution in [2.24, 2.45) is 0 Å². The fraction of sp³-hybridized carbons (Fsp3) is 0.391. The maximum Gasteiger partial charge on any atom is 0.298 e. The largest absolute Gasteiger partial charge is 0.507 e. The van der Waals surface area contributed by atoms with Crippen LogP contribution in [-0.4, -0.2) is 30.6 Å². The van der Waals surface area contributed by atoms with E-state index in [9.17, 15) is 14.7 Å². The number of benzene rings is 2. The predicted octanol–water partition coefficient (Wildman–Crippen LogP) is 4.77. The van der Waals surface area contributed by atoms with Gasteiger partial charge in [0.15, 0.2) is 5.78 Å². The summed E-state index contributed by atoms with van der Waals surface area (Å²) in [4.78, 5) is 22.4. The van der Waals surface area contributed by atoms with Crippen molar-refractivity contribution in [2.45, 2.75) is 46.5 Å². The van der Waals surface area contributed by atoms with Crippen LogP contribution < -0.4 is 14.2 Å². The number of carbonyl (C=O) groups is 2. The number of carbonyl (C=O) groups excluding carboxylic acids is 2. The summed E-state index contributed by atoms with van der Waals surface area (Å²) in [7, 11) is 0. The molecule has 0 saturated carbocycles. The second-order valence-electron chi connectivity index (χ2n) is 6.80. The molecule has 1 N–H and O–H groups in total. The minimum absolute atomic E-state index is 0.00163. The Hall–Kier alpha value is -3.02. The lowest BCUT2D eigenvalue weighted by atomic mass is 10.0.